The van der Waals surface area contributed by atoms with Crippen LogP contribution in [-0.2, 0) is 4.79 Å². The van der Waals surface area contributed by atoms with Crippen LogP contribution in [0.2, 0.25) is 0 Å². The highest BCUT2D eigenvalue weighted by molar-refractivity contribution is 8.26. The van der Waals surface area contributed by atoms with Gasteiger partial charge in [0.05, 0.1) is 5.57 Å². The first kappa shape index (κ1) is 18.4. The summed E-state index contributed by atoms with van der Waals surface area (Å²) in [4.78, 5) is 16.7. The lowest BCUT2D eigenvalue weighted by Crippen LogP contribution is -2.35. The van der Waals surface area contributed by atoms with Crippen molar-refractivity contribution in [2.75, 3.05) is 0 Å². The zero-order chi connectivity index (χ0) is 19.8. The fourth-order valence-corrected chi connectivity index (χ4v) is 4.06. The van der Waals surface area contributed by atoms with Crippen LogP contribution in [0.1, 0.15) is 26.0 Å². The smallest absolute Gasteiger partial charge is 0.283 e. The first-order valence-electron chi connectivity index (χ1n) is 8.85. The van der Waals surface area contributed by atoms with Crippen molar-refractivity contribution >= 4 is 39.8 Å². The standard InChI is InChI=1S/C20H18FN5OS/c1-12(2)10-17-24-26-18(22)16(19(27)23-20(26)28-17)11-15-4-3-9-25(15)14-7-5-13(21)6-8-14/h3-9,11-12,22H,10H2,1-2H3/b16-11+,22-18?. The molecule has 2 aliphatic heterocycles. The number of amidine groups is 2. The minimum Gasteiger partial charge on any atom is -0.317 e. The van der Waals surface area contributed by atoms with Gasteiger partial charge in [-0.15, -0.1) is 0 Å². The van der Waals surface area contributed by atoms with E-state index in [-0.39, 0.29) is 17.2 Å². The second-order valence-corrected chi connectivity index (χ2v) is 7.93. The van der Waals surface area contributed by atoms with Gasteiger partial charge in [-0.2, -0.15) is 15.1 Å². The van der Waals surface area contributed by atoms with Crippen molar-refractivity contribution in [3.8, 4) is 5.69 Å². The Hall–Kier alpha value is -3.00. The quantitative estimate of drug-likeness (QED) is 0.785. The maximum absolute atomic E-state index is 13.2. The van der Waals surface area contributed by atoms with Gasteiger partial charge in [-0.25, -0.2) is 4.39 Å². The molecule has 6 nitrogen and oxygen atoms in total. The summed E-state index contributed by atoms with van der Waals surface area (Å²) >= 11 is 1.34. The van der Waals surface area contributed by atoms with Crippen molar-refractivity contribution in [1.82, 2.24) is 9.58 Å². The maximum atomic E-state index is 13.2. The molecule has 4 rings (SSSR count). The van der Waals surface area contributed by atoms with Crippen molar-refractivity contribution < 1.29 is 9.18 Å². The number of aromatic nitrogens is 1. The molecular weight excluding hydrogens is 377 g/mol. The lowest BCUT2D eigenvalue weighted by Gasteiger charge is -2.20. The monoisotopic (exact) mass is 395 g/mol. The Kier molecular flexibility index (Phi) is 4.72. The molecule has 0 unspecified atom stereocenters. The molecule has 0 bridgehead atoms. The second kappa shape index (κ2) is 7.20. The zero-order valence-corrected chi connectivity index (χ0v) is 16.2. The number of aliphatic imine (C=N–C) groups is 1. The summed E-state index contributed by atoms with van der Waals surface area (Å²) in [6.07, 6.45) is 4.21. The maximum Gasteiger partial charge on any atom is 0.283 e. The minimum absolute atomic E-state index is 0.00751. The van der Waals surface area contributed by atoms with Crippen LogP contribution in [-0.4, -0.2) is 31.5 Å². The van der Waals surface area contributed by atoms with E-state index in [2.05, 4.69) is 23.9 Å². The summed E-state index contributed by atoms with van der Waals surface area (Å²) < 4.78 is 15.0. The number of carbonyl (C=O) groups excluding carboxylic acids is 1. The van der Waals surface area contributed by atoms with Crippen LogP contribution in [0.25, 0.3) is 11.8 Å². The van der Waals surface area contributed by atoms with Crippen molar-refractivity contribution in [1.29, 1.82) is 5.41 Å². The number of halogens is 1. The molecule has 2 aromatic rings. The molecule has 8 heteroatoms. The van der Waals surface area contributed by atoms with Gasteiger partial charge >= 0.3 is 0 Å². The summed E-state index contributed by atoms with van der Waals surface area (Å²) in [5, 5.41) is 15.6. The lowest BCUT2D eigenvalue weighted by atomic mass is 10.1. The Morgan fingerprint density at radius 3 is 2.71 bits per heavy atom. The molecule has 0 atom stereocenters. The molecule has 3 heterocycles. The summed E-state index contributed by atoms with van der Waals surface area (Å²) in [6.45, 7) is 4.18. The Balaban J connectivity index is 1.68. The molecule has 0 aliphatic carbocycles. The molecule has 0 spiro atoms. The van der Waals surface area contributed by atoms with Crippen molar-refractivity contribution in [3.05, 3.63) is 59.7 Å². The number of hydrogen-bond donors (Lipinski definition) is 1. The molecule has 1 amide bonds. The fourth-order valence-electron chi connectivity index (χ4n) is 2.96. The summed E-state index contributed by atoms with van der Waals surface area (Å²) in [5.74, 6) is -0.347. The van der Waals surface area contributed by atoms with E-state index in [1.54, 1.807) is 18.2 Å². The van der Waals surface area contributed by atoms with E-state index in [0.717, 1.165) is 17.2 Å². The van der Waals surface area contributed by atoms with Crippen molar-refractivity contribution in [2.45, 2.75) is 20.3 Å². The molecular formula is C20H18FN5OS. The molecule has 0 fully saturated rings. The van der Waals surface area contributed by atoms with E-state index in [1.807, 2.05) is 22.9 Å². The third kappa shape index (κ3) is 3.43. The van der Waals surface area contributed by atoms with E-state index in [9.17, 15) is 9.18 Å². The van der Waals surface area contributed by atoms with Crippen LogP contribution in [0.3, 0.4) is 0 Å². The van der Waals surface area contributed by atoms with Gasteiger partial charge in [0, 0.05) is 24.0 Å². The normalized spacial score (nSPS) is 18.0. The van der Waals surface area contributed by atoms with Crippen LogP contribution in [0.15, 0.2) is 58.3 Å². The zero-order valence-electron chi connectivity index (χ0n) is 15.4. The average Bonchev–Trinajstić information content (AvgIpc) is 3.25. The molecule has 1 N–H and O–H groups in total. The average molecular weight is 395 g/mol. The van der Waals surface area contributed by atoms with Crippen molar-refractivity contribution in [3.63, 3.8) is 0 Å². The van der Waals surface area contributed by atoms with Crippen molar-refractivity contribution in [2.24, 2.45) is 16.0 Å². The number of thioether (sulfide) groups is 1. The molecule has 0 radical (unpaired) electrons. The van der Waals surface area contributed by atoms with Crippen LogP contribution in [0.5, 0.6) is 0 Å². The number of hydrogen-bond acceptors (Lipinski definition) is 4. The van der Waals surface area contributed by atoms with Gasteiger partial charge < -0.3 is 4.57 Å². The van der Waals surface area contributed by atoms with Crippen LogP contribution in [0, 0.1) is 17.1 Å². The number of hydrazone groups is 1. The Morgan fingerprint density at radius 2 is 2.00 bits per heavy atom. The first-order valence-corrected chi connectivity index (χ1v) is 9.66. The van der Waals surface area contributed by atoms with Crippen LogP contribution in [0.4, 0.5) is 4.39 Å². The van der Waals surface area contributed by atoms with E-state index in [1.165, 1.54) is 28.9 Å². The van der Waals surface area contributed by atoms with Gasteiger partial charge in [-0.1, -0.05) is 13.8 Å². The van der Waals surface area contributed by atoms with Gasteiger partial charge in [-0.3, -0.25) is 10.2 Å². The largest absolute Gasteiger partial charge is 0.317 e. The highest BCUT2D eigenvalue weighted by atomic mass is 32.2. The third-order valence-corrected chi connectivity index (χ3v) is 5.19. The molecule has 28 heavy (non-hydrogen) atoms. The van der Waals surface area contributed by atoms with Gasteiger partial charge in [0.15, 0.2) is 5.84 Å². The van der Waals surface area contributed by atoms with E-state index in [0.29, 0.717) is 16.8 Å². The van der Waals surface area contributed by atoms with Gasteiger partial charge in [-0.05, 0) is 60.2 Å². The SMILES string of the molecule is CC(C)CC1=NN2C(=N)/C(=C\c3cccn3-c3ccc(F)cc3)C(=O)N=C2S1. The molecule has 1 aromatic heterocycles. The number of amides is 1. The number of rotatable bonds is 4. The topological polar surface area (TPSA) is 73.8 Å². The molecule has 1 aromatic carbocycles. The highest BCUT2D eigenvalue weighted by Gasteiger charge is 2.35. The molecule has 142 valence electrons. The predicted molar refractivity (Wildman–Crippen MR) is 110 cm³/mol. The lowest BCUT2D eigenvalue weighted by molar-refractivity contribution is -0.114. The molecule has 0 saturated carbocycles. The fraction of sp³-hybridized carbons (Fsp3) is 0.200. The molecule has 2 aliphatic rings. The Bertz CT molecular complexity index is 1050. The Labute approximate surface area is 166 Å². The van der Waals surface area contributed by atoms with Gasteiger partial charge in [0.1, 0.15) is 10.9 Å². The van der Waals surface area contributed by atoms with E-state index in [4.69, 9.17) is 5.41 Å². The second-order valence-electron chi connectivity index (χ2n) is 6.89. The third-order valence-electron chi connectivity index (χ3n) is 4.26. The number of carbonyl (C=O) groups is 1. The minimum atomic E-state index is -0.461. The van der Waals surface area contributed by atoms with Gasteiger partial charge in [0.25, 0.3) is 5.91 Å². The highest BCUT2D eigenvalue weighted by Crippen LogP contribution is 2.30. The number of nitrogens with one attached hydrogen (secondary N) is 1. The van der Waals surface area contributed by atoms with Crippen LogP contribution >= 0.6 is 11.8 Å². The van der Waals surface area contributed by atoms with Crippen LogP contribution < -0.4 is 0 Å². The summed E-state index contributed by atoms with van der Waals surface area (Å²) in [5.41, 5.74) is 1.61. The Morgan fingerprint density at radius 1 is 1.25 bits per heavy atom. The number of nitrogens with zero attached hydrogens (tertiary/aromatic N) is 4. The molecule has 0 saturated heterocycles. The summed E-state index contributed by atoms with van der Waals surface area (Å²) in [7, 11) is 0. The van der Waals surface area contributed by atoms with Gasteiger partial charge in [0.2, 0.25) is 5.17 Å². The first-order chi connectivity index (χ1) is 13.4. The number of fused-ring (bicyclic) bond motifs is 1. The number of benzene rings is 1. The predicted octanol–water partition coefficient (Wildman–Crippen LogP) is 4.28. The van der Waals surface area contributed by atoms with E-state index < -0.39 is 5.91 Å². The summed E-state index contributed by atoms with van der Waals surface area (Å²) in [6, 6.07) is 9.71. The van der Waals surface area contributed by atoms with E-state index >= 15 is 0 Å².